The molecule has 0 aromatic carbocycles. The Hall–Kier alpha value is -2.32. The molecule has 1 aliphatic rings. The third kappa shape index (κ3) is 2.57. The van der Waals surface area contributed by atoms with Crippen molar-refractivity contribution in [3.8, 4) is 5.13 Å². The van der Waals surface area contributed by atoms with Gasteiger partial charge in [-0.3, -0.25) is 9.78 Å². The number of carbonyl (C=O) groups is 1. The number of nitrogens with two attached hydrogens (primary N) is 1. The van der Waals surface area contributed by atoms with E-state index in [1.807, 2.05) is 12.3 Å². The summed E-state index contributed by atoms with van der Waals surface area (Å²) in [6.07, 6.45) is 6.48. The molecule has 0 radical (unpaired) electrons. The number of carbonyl (C=O) groups excluding carboxylic acids is 1. The third-order valence-electron chi connectivity index (χ3n) is 4.35. The van der Waals surface area contributed by atoms with Gasteiger partial charge in [0, 0.05) is 34.7 Å². The normalized spacial score (nSPS) is 20.7. The average Bonchev–Trinajstić information content (AvgIpc) is 3.24. The van der Waals surface area contributed by atoms with E-state index in [2.05, 4.69) is 22.0 Å². The predicted octanol–water partition coefficient (Wildman–Crippen LogP) is 1.58. The maximum absolute atomic E-state index is 11.1. The van der Waals surface area contributed by atoms with E-state index in [-0.39, 0.29) is 11.8 Å². The first-order chi connectivity index (χ1) is 11.5. The molecule has 1 fully saturated rings. The van der Waals surface area contributed by atoms with Gasteiger partial charge in [0.15, 0.2) is 0 Å². The molecule has 1 aliphatic heterocycles. The van der Waals surface area contributed by atoms with E-state index < -0.39 is 5.91 Å². The number of ether oxygens (including phenoxy) is 1. The lowest BCUT2D eigenvalue weighted by Crippen LogP contribution is -2.19. The zero-order valence-electron chi connectivity index (χ0n) is 13.2. The Morgan fingerprint density at radius 1 is 1.42 bits per heavy atom. The van der Waals surface area contributed by atoms with E-state index in [4.69, 9.17) is 10.5 Å². The third-order valence-corrected chi connectivity index (χ3v) is 5.63. The molecule has 24 heavy (non-hydrogen) atoms. The minimum atomic E-state index is -0.404. The molecule has 1 amide bonds. The molecule has 4 heterocycles. The van der Waals surface area contributed by atoms with Crippen LogP contribution in [0.15, 0.2) is 24.7 Å². The van der Waals surface area contributed by atoms with E-state index in [0.717, 1.165) is 35.7 Å². The molecule has 2 N–H and O–H groups in total. The van der Waals surface area contributed by atoms with Crippen LogP contribution >= 0.6 is 11.3 Å². The molecular formula is C16H17N5O2S. The molecule has 7 nitrogen and oxygen atoms in total. The summed E-state index contributed by atoms with van der Waals surface area (Å²) in [4.78, 5) is 21.1. The monoisotopic (exact) mass is 343 g/mol. The summed E-state index contributed by atoms with van der Waals surface area (Å²) in [7, 11) is 0. The van der Waals surface area contributed by atoms with Crippen molar-refractivity contribution in [1.29, 1.82) is 0 Å². The van der Waals surface area contributed by atoms with Crippen molar-refractivity contribution >= 4 is 28.1 Å². The number of primary amides is 1. The lowest BCUT2D eigenvalue weighted by atomic mass is 9.89. The van der Waals surface area contributed by atoms with Gasteiger partial charge in [0.25, 0.3) is 0 Å². The molecule has 0 aliphatic carbocycles. The smallest absolute Gasteiger partial charge is 0.223 e. The summed E-state index contributed by atoms with van der Waals surface area (Å²) in [5.41, 5.74) is 6.78. The summed E-state index contributed by atoms with van der Waals surface area (Å²) >= 11 is 1.62. The van der Waals surface area contributed by atoms with Crippen molar-refractivity contribution in [3.63, 3.8) is 0 Å². The Bertz CT molecular complexity index is 910. The second kappa shape index (κ2) is 5.64. The van der Waals surface area contributed by atoms with E-state index in [1.165, 1.54) is 4.88 Å². The topological polar surface area (TPSA) is 95.9 Å². The van der Waals surface area contributed by atoms with Crippen LogP contribution in [0.3, 0.4) is 0 Å². The van der Waals surface area contributed by atoms with Crippen LogP contribution in [-0.4, -0.2) is 38.9 Å². The SMILES string of the molecule is CC1(c2cnc(-n3ncc4cnc(CC(N)=O)cc43)s2)CCOC1. The van der Waals surface area contributed by atoms with Crippen LogP contribution < -0.4 is 5.73 Å². The van der Waals surface area contributed by atoms with Crippen LogP contribution in [0.2, 0.25) is 0 Å². The molecular weight excluding hydrogens is 326 g/mol. The molecule has 0 saturated carbocycles. The van der Waals surface area contributed by atoms with E-state index in [1.54, 1.807) is 28.4 Å². The van der Waals surface area contributed by atoms with E-state index in [0.29, 0.717) is 5.69 Å². The highest BCUT2D eigenvalue weighted by molar-refractivity contribution is 7.14. The molecule has 4 rings (SSSR count). The first kappa shape index (κ1) is 15.2. The summed E-state index contributed by atoms with van der Waals surface area (Å²) in [6, 6.07) is 1.84. The maximum Gasteiger partial charge on any atom is 0.223 e. The van der Waals surface area contributed by atoms with Crippen molar-refractivity contribution < 1.29 is 9.53 Å². The number of amides is 1. The van der Waals surface area contributed by atoms with Crippen molar-refractivity contribution in [2.45, 2.75) is 25.2 Å². The minimum Gasteiger partial charge on any atom is -0.380 e. The molecule has 0 spiro atoms. The van der Waals surface area contributed by atoms with Crippen LogP contribution in [0.4, 0.5) is 0 Å². The predicted molar refractivity (Wildman–Crippen MR) is 90.2 cm³/mol. The summed E-state index contributed by atoms with van der Waals surface area (Å²) < 4.78 is 7.33. The van der Waals surface area contributed by atoms with Crippen LogP contribution in [0, 0.1) is 0 Å². The number of rotatable bonds is 4. The highest BCUT2D eigenvalue weighted by Crippen LogP contribution is 2.37. The van der Waals surface area contributed by atoms with Crippen molar-refractivity contribution in [2.75, 3.05) is 13.2 Å². The van der Waals surface area contributed by atoms with Gasteiger partial charge in [0.1, 0.15) is 0 Å². The Labute approximate surface area is 142 Å². The van der Waals surface area contributed by atoms with Gasteiger partial charge < -0.3 is 10.5 Å². The molecule has 3 aromatic rings. The van der Waals surface area contributed by atoms with E-state index >= 15 is 0 Å². The van der Waals surface area contributed by atoms with Gasteiger partial charge in [-0.1, -0.05) is 18.3 Å². The second-order valence-electron chi connectivity index (χ2n) is 6.30. The molecule has 124 valence electrons. The molecule has 1 unspecified atom stereocenters. The molecule has 1 atom stereocenters. The lowest BCUT2D eigenvalue weighted by molar-refractivity contribution is -0.117. The number of fused-ring (bicyclic) bond motifs is 1. The number of nitrogens with zero attached hydrogens (tertiary/aromatic N) is 4. The number of thiazole rings is 1. The van der Waals surface area contributed by atoms with Gasteiger partial charge in [-0.15, -0.1) is 0 Å². The van der Waals surface area contributed by atoms with Gasteiger partial charge in [-0.2, -0.15) is 5.10 Å². The summed E-state index contributed by atoms with van der Waals surface area (Å²) in [5.74, 6) is -0.404. The molecule has 8 heteroatoms. The highest BCUT2D eigenvalue weighted by atomic mass is 32.1. The van der Waals surface area contributed by atoms with Gasteiger partial charge in [-0.25, -0.2) is 9.67 Å². The molecule has 0 bridgehead atoms. The fourth-order valence-electron chi connectivity index (χ4n) is 2.89. The zero-order valence-corrected chi connectivity index (χ0v) is 14.0. The zero-order chi connectivity index (χ0) is 16.7. The molecule has 1 saturated heterocycles. The average molecular weight is 343 g/mol. The number of hydrogen-bond donors (Lipinski definition) is 1. The number of aromatic nitrogens is 4. The maximum atomic E-state index is 11.1. The van der Waals surface area contributed by atoms with Crippen molar-refractivity contribution in [3.05, 3.63) is 35.2 Å². The van der Waals surface area contributed by atoms with Gasteiger partial charge in [-0.05, 0) is 12.5 Å². The first-order valence-corrected chi connectivity index (χ1v) is 8.52. The standard InChI is InChI=1S/C16H17N5O2S/c1-16(2-3-23-9-16)13-8-19-15(24-13)21-12-4-11(5-14(17)22)18-6-10(12)7-20-21/h4,6-8H,2-3,5,9H2,1H3,(H2,17,22). The van der Waals surface area contributed by atoms with Crippen LogP contribution in [0.1, 0.15) is 23.9 Å². The van der Waals surface area contributed by atoms with Crippen LogP contribution in [-0.2, 0) is 21.4 Å². The first-order valence-electron chi connectivity index (χ1n) is 7.71. The second-order valence-corrected chi connectivity index (χ2v) is 7.31. The van der Waals surface area contributed by atoms with Gasteiger partial charge in [0.2, 0.25) is 11.0 Å². The highest BCUT2D eigenvalue weighted by Gasteiger charge is 2.33. The van der Waals surface area contributed by atoms with Crippen LogP contribution in [0.5, 0.6) is 0 Å². The Kier molecular flexibility index (Phi) is 3.58. The van der Waals surface area contributed by atoms with Crippen molar-refractivity contribution in [2.24, 2.45) is 5.73 Å². The number of hydrogen-bond acceptors (Lipinski definition) is 6. The van der Waals surface area contributed by atoms with Gasteiger partial charge in [0.05, 0.1) is 30.4 Å². The number of pyridine rings is 1. The Morgan fingerprint density at radius 2 is 2.29 bits per heavy atom. The largest absolute Gasteiger partial charge is 0.380 e. The van der Waals surface area contributed by atoms with Crippen LogP contribution in [0.25, 0.3) is 16.0 Å². The summed E-state index contributed by atoms with van der Waals surface area (Å²) in [5, 5.41) is 6.12. The lowest BCUT2D eigenvalue weighted by Gasteiger charge is -2.18. The summed E-state index contributed by atoms with van der Waals surface area (Å²) in [6.45, 7) is 3.71. The minimum absolute atomic E-state index is 0.0254. The Morgan fingerprint density at radius 3 is 3.04 bits per heavy atom. The van der Waals surface area contributed by atoms with Crippen molar-refractivity contribution in [1.82, 2.24) is 19.7 Å². The van der Waals surface area contributed by atoms with E-state index in [9.17, 15) is 4.79 Å². The quantitative estimate of drug-likeness (QED) is 0.776. The fourth-order valence-corrected chi connectivity index (χ4v) is 3.94. The Balaban J connectivity index is 1.73. The van der Waals surface area contributed by atoms with Gasteiger partial charge >= 0.3 is 0 Å². The molecule has 3 aromatic heterocycles. The fraction of sp³-hybridized carbons (Fsp3) is 0.375.